The molecule has 1 nitrogen and oxygen atoms in total. The number of hydrogen-bond donors (Lipinski definition) is 0. The third-order valence-electron chi connectivity index (χ3n) is 2.98. The van der Waals surface area contributed by atoms with Crippen LogP contribution in [0.5, 0.6) is 0 Å². The van der Waals surface area contributed by atoms with Crippen LogP contribution in [-0.4, -0.2) is 27.8 Å². The van der Waals surface area contributed by atoms with E-state index in [2.05, 4.69) is 6.92 Å². The molecule has 0 spiro atoms. The summed E-state index contributed by atoms with van der Waals surface area (Å²) in [5.74, 6) is 3.37. The third kappa shape index (κ3) is 2.07. The van der Waals surface area contributed by atoms with E-state index in [1.165, 1.54) is 12.2 Å². The summed E-state index contributed by atoms with van der Waals surface area (Å²) in [7, 11) is 0. The van der Waals surface area contributed by atoms with Crippen LogP contribution in [0.15, 0.2) is 0 Å². The van der Waals surface area contributed by atoms with Crippen molar-refractivity contribution in [1.29, 1.82) is 0 Å². The molecule has 13 heavy (non-hydrogen) atoms. The maximum Gasteiger partial charge on any atom is 0.149 e. The molecule has 2 atom stereocenters. The highest BCUT2D eigenvalue weighted by Crippen LogP contribution is 2.37. The van der Waals surface area contributed by atoms with Gasteiger partial charge in [-0.25, -0.2) is 0 Å². The molecule has 1 saturated carbocycles. The predicted molar refractivity (Wildman–Crippen MR) is 60.5 cm³/mol. The van der Waals surface area contributed by atoms with Crippen LogP contribution in [0.1, 0.15) is 26.2 Å². The van der Waals surface area contributed by atoms with Gasteiger partial charge < -0.3 is 0 Å². The Morgan fingerprint density at radius 3 is 2.46 bits per heavy atom. The van der Waals surface area contributed by atoms with E-state index >= 15 is 0 Å². The van der Waals surface area contributed by atoms with Crippen LogP contribution in [0, 0.1) is 5.92 Å². The zero-order valence-electron chi connectivity index (χ0n) is 7.99. The molecular weight excluding hydrogens is 200 g/mol. The summed E-state index contributed by atoms with van der Waals surface area (Å²) in [4.78, 5) is 12.0. The minimum atomic E-state index is 0.309. The zero-order valence-corrected chi connectivity index (χ0v) is 9.63. The zero-order chi connectivity index (χ0) is 9.26. The van der Waals surface area contributed by atoms with Crippen molar-refractivity contribution in [2.75, 3.05) is 11.5 Å². The minimum absolute atomic E-state index is 0.309. The molecule has 3 heteroatoms. The van der Waals surface area contributed by atoms with E-state index in [9.17, 15) is 4.79 Å². The summed E-state index contributed by atoms with van der Waals surface area (Å²) in [5.41, 5.74) is 0. The Morgan fingerprint density at radius 1 is 1.23 bits per heavy atom. The van der Waals surface area contributed by atoms with E-state index in [-0.39, 0.29) is 0 Å². The number of thioether (sulfide) groups is 2. The van der Waals surface area contributed by atoms with Crippen LogP contribution < -0.4 is 0 Å². The molecule has 0 amide bonds. The summed E-state index contributed by atoms with van der Waals surface area (Å²) >= 11 is 3.85. The van der Waals surface area contributed by atoms with Gasteiger partial charge >= 0.3 is 0 Å². The fraction of sp³-hybridized carbons (Fsp3) is 0.900. The van der Waals surface area contributed by atoms with Crippen molar-refractivity contribution in [3.8, 4) is 0 Å². The lowest BCUT2D eigenvalue weighted by molar-refractivity contribution is -0.124. The molecule has 0 radical (unpaired) electrons. The van der Waals surface area contributed by atoms with Gasteiger partial charge in [0, 0.05) is 22.7 Å². The number of ketones is 1. The number of carbonyl (C=O) groups excluding carboxylic acids is 1. The van der Waals surface area contributed by atoms with Crippen LogP contribution in [0.4, 0.5) is 0 Å². The van der Waals surface area contributed by atoms with Crippen molar-refractivity contribution in [2.24, 2.45) is 5.92 Å². The lowest BCUT2D eigenvalue weighted by atomic mass is 9.80. The van der Waals surface area contributed by atoms with E-state index in [1.54, 1.807) is 0 Å². The standard InChI is InChI=1S/C10H16OS2/c1-7-10(13-6-5-12-7)9(11)8-3-2-4-8/h7-8,10H,2-6H2,1H3. The second-order valence-electron chi connectivity index (χ2n) is 3.90. The number of carbonyl (C=O) groups is 1. The summed E-state index contributed by atoms with van der Waals surface area (Å²) in [5, 5.41) is 0.857. The molecule has 0 aromatic carbocycles. The summed E-state index contributed by atoms with van der Waals surface area (Å²) in [6, 6.07) is 0. The normalized spacial score (nSPS) is 35.5. The summed E-state index contributed by atoms with van der Waals surface area (Å²) in [6.07, 6.45) is 3.59. The topological polar surface area (TPSA) is 17.1 Å². The minimum Gasteiger partial charge on any atom is -0.298 e. The quantitative estimate of drug-likeness (QED) is 0.706. The van der Waals surface area contributed by atoms with Gasteiger partial charge in [-0.15, -0.1) is 11.8 Å². The van der Waals surface area contributed by atoms with Crippen LogP contribution in [0.2, 0.25) is 0 Å². The monoisotopic (exact) mass is 216 g/mol. The largest absolute Gasteiger partial charge is 0.298 e. The molecule has 1 saturated heterocycles. The maximum absolute atomic E-state index is 12.0. The smallest absolute Gasteiger partial charge is 0.149 e. The second kappa shape index (κ2) is 4.26. The average Bonchev–Trinajstić information content (AvgIpc) is 2.01. The molecule has 1 aliphatic heterocycles. The Labute approximate surface area is 88.4 Å². The van der Waals surface area contributed by atoms with Crippen LogP contribution in [-0.2, 0) is 4.79 Å². The van der Waals surface area contributed by atoms with E-state index in [4.69, 9.17) is 0 Å². The van der Waals surface area contributed by atoms with Crippen molar-refractivity contribution >= 4 is 29.3 Å². The average molecular weight is 216 g/mol. The third-order valence-corrected chi connectivity index (χ3v) is 6.08. The molecule has 2 unspecified atom stereocenters. The second-order valence-corrected chi connectivity index (χ2v) is 6.63. The van der Waals surface area contributed by atoms with E-state index in [0.29, 0.717) is 22.2 Å². The molecule has 2 rings (SSSR count). The van der Waals surface area contributed by atoms with Gasteiger partial charge in [0.25, 0.3) is 0 Å². The van der Waals surface area contributed by atoms with Gasteiger partial charge in [-0.05, 0) is 12.8 Å². The Balaban J connectivity index is 1.93. The lowest BCUT2D eigenvalue weighted by Crippen LogP contribution is -2.37. The fourth-order valence-electron chi connectivity index (χ4n) is 1.87. The number of Topliss-reactive ketones (excluding diaryl/α,β-unsaturated/α-hetero) is 1. The van der Waals surface area contributed by atoms with Crippen molar-refractivity contribution in [1.82, 2.24) is 0 Å². The van der Waals surface area contributed by atoms with Gasteiger partial charge in [0.15, 0.2) is 0 Å². The van der Waals surface area contributed by atoms with Gasteiger partial charge in [0.2, 0.25) is 0 Å². The Kier molecular flexibility index (Phi) is 3.25. The van der Waals surface area contributed by atoms with Crippen LogP contribution >= 0.6 is 23.5 Å². The highest BCUT2D eigenvalue weighted by Gasteiger charge is 2.35. The van der Waals surface area contributed by atoms with E-state index in [0.717, 1.165) is 18.6 Å². The SMILES string of the molecule is CC1SCCSC1C(=O)C1CCC1. The van der Waals surface area contributed by atoms with Crippen molar-refractivity contribution in [2.45, 2.75) is 36.7 Å². The molecular formula is C10H16OS2. The molecule has 0 aromatic rings. The van der Waals surface area contributed by atoms with Gasteiger partial charge in [-0.2, -0.15) is 11.8 Å². The Hall–Kier alpha value is 0.370. The van der Waals surface area contributed by atoms with Crippen molar-refractivity contribution in [3.63, 3.8) is 0 Å². The Bertz CT molecular complexity index is 201. The van der Waals surface area contributed by atoms with Gasteiger partial charge in [-0.3, -0.25) is 4.79 Å². The Morgan fingerprint density at radius 2 is 1.92 bits per heavy atom. The van der Waals surface area contributed by atoms with Crippen LogP contribution in [0.25, 0.3) is 0 Å². The first-order chi connectivity index (χ1) is 6.29. The predicted octanol–water partition coefficient (Wildman–Crippen LogP) is 2.59. The van der Waals surface area contributed by atoms with Gasteiger partial charge in [0.05, 0.1) is 5.25 Å². The van der Waals surface area contributed by atoms with Crippen molar-refractivity contribution < 1.29 is 4.79 Å². The first-order valence-electron chi connectivity index (χ1n) is 5.06. The molecule has 0 aromatic heterocycles. The molecule has 74 valence electrons. The highest BCUT2D eigenvalue weighted by molar-refractivity contribution is 8.07. The lowest BCUT2D eigenvalue weighted by Gasteiger charge is -2.33. The van der Waals surface area contributed by atoms with E-state index < -0.39 is 0 Å². The molecule has 2 fully saturated rings. The van der Waals surface area contributed by atoms with Crippen LogP contribution in [0.3, 0.4) is 0 Å². The fourth-order valence-corrected chi connectivity index (χ4v) is 4.67. The molecule has 1 heterocycles. The highest BCUT2D eigenvalue weighted by atomic mass is 32.2. The molecule has 1 aliphatic carbocycles. The molecule has 2 aliphatic rings. The summed E-state index contributed by atoms with van der Waals surface area (Å²) < 4.78 is 0. The molecule has 0 bridgehead atoms. The first-order valence-corrected chi connectivity index (χ1v) is 7.15. The summed E-state index contributed by atoms with van der Waals surface area (Å²) in [6.45, 7) is 2.21. The van der Waals surface area contributed by atoms with Gasteiger partial charge in [0.1, 0.15) is 5.78 Å². The number of hydrogen-bond acceptors (Lipinski definition) is 3. The van der Waals surface area contributed by atoms with Gasteiger partial charge in [-0.1, -0.05) is 13.3 Å². The van der Waals surface area contributed by atoms with E-state index in [1.807, 2.05) is 23.5 Å². The van der Waals surface area contributed by atoms with Crippen molar-refractivity contribution in [3.05, 3.63) is 0 Å². The molecule has 0 N–H and O–H groups in total. The first kappa shape index (κ1) is 9.91. The number of rotatable bonds is 2. The maximum atomic E-state index is 12.0.